The number of carbonyl (C=O) groups excluding carboxylic acids is 1. The summed E-state index contributed by atoms with van der Waals surface area (Å²) < 4.78 is 5.09. The molecule has 17 heavy (non-hydrogen) atoms. The number of Topliss-reactive ketones (excluding diaryl/α,β-unsaturated/α-hetero) is 1. The van der Waals surface area contributed by atoms with Crippen molar-refractivity contribution in [2.24, 2.45) is 5.92 Å². The van der Waals surface area contributed by atoms with Crippen LogP contribution in [0.1, 0.15) is 23.2 Å². The Morgan fingerprint density at radius 3 is 2.35 bits per heavy atom. The zero-order valence-electron chi connectivity index (χ0n) is 10.5. The van der Waals surface area contributed by atoms with Crippen molar-refractivity contribution in [3.8, 4) is 5.75 Å². The zero-order valence-corrected chi connectivity index (χ0v) is 10.5. The van der Waals surface area contributed by atoms with E-state index < -0.39 is 0 Å². The van der Waals surface area contributed by atoms with Crippen LogP contribution in [0.4, 0.5) is 0 Å². The van der Waals surface area contributed by atoms with Crippen molar-refractivity contribution in [1.82, 2.24) is 4.90 Å². The van der Waals surface area contributed by atoms with Gasteiger partial charge >= 0.3 is 0 Å². The number of ether oxygens (including phenoxy) is 1. The second-order valence-corrected chi connectivity index (χ2v) is 4.67. The quantitative estimate of drug-likeness (QED) is 0.750. The van der Waals surface area contributed by atoms with Crippen molar-refractivity contribution in [3.63, 3.8) is 0 Å². The first-order valence-electron chi connectivity index (χ1n) is 6.07. The van der Waals surface area contributed by atoms with Crippen molar-refractivity contribution < 1.29 is 9.53 Å². The number of rotatable bonds is 3. The van der Waals surface area contributed by atoms with E-state index in [0.717, 1.165) is 37.2 Å². The molecule has 0 saturated carbocycles. The van der Waals surface area contributed by atoms with Crippen LogP contribution >= 0.6 is 0 Å². The van der Waals surface area contributed by atoms with Gasteiger partial charge in [0, 0.05) is 11.5 Å². The predicted molar refractivity (Wildman–Crippen MR) is 67.5 cm³/mol. The van der Waals surface area contributed by atoms with E-state index >= 15 is 0 Å². The second-order valence-electron chi connectivity index (χ2n) is 4.67. The Bertz CT molecular complexity index is 378. The molecule has 0 N–H and O–H groups in total. The van der Waals surface area contributed by atoms with Gasteiger partial charge in [0.2, 0.25) is 0 Å². The van der Waals surface area contributed by atoms with Crippen molar-refractivity contribution in [3.05, 3.63) is 29.8 Å². The molecular formula is C14H19NO2. The summed E-state index contributed by atoms with van der Waals surface area (Å²) in [5.41, 5.74) is 0.806. The molecule has 0 spiro atoms. The topological polar surface area (TPSA) is 29.5 Å². The molecule has 0 atom stereocenters. The summed E-state index contributed by atoms with van der Waals surface area (Å²) in [6.45, 7) is 2.04. The molecule has 1 aromatic rings. The van der Waals surface area contributed by atoms with E-state index in [1.54, 1.807) is 7.11 Å². The number of likely N-dealkylation sites (tertiary alicyclic amines) is 1. The SMILES string of the molecule is COc1ccc(C(=O)C2CCN(C)CC2)cc1. The molecular weight excluding hydrogens is 214 g/mol. The lowest BCUT2D eigenvalue weighted by molar-refractivity contribution is 0.0857. The maximum absolute atomic E-state index is 12.2. The molecule has 0 aliphatic carbocycles. The normalized spacial score (nSPS) is 18.0. The molecule has 1 aromatic carbocycles. The molecule has 1 saturated heterocycles. The maximum Gasteiger partial charge on any atom is 0.166 e. The molecule has 0 unspecified atom stereocenters. The van der Waals surface area contributed by atoms with Crippen LogP contribution in [-0.4, -0.2) is 37.9 Å². The molecule has 3 nitrogen and oxygen atoms in total. The highest BCUT2D eigenvalue weighted by Gasteiger charge is 2.24. The van der Waals surface area contributed by atoms with Crippen molar-refractivity contribution >= 4 is 5.78 Å². The molecule has 1 aliphatic rings. The van der Waals surface area contributed by atoms with Gasteiger partial charge in [0.1, 0.15) is 5.75 Å². The van der Waals surface area contributed by atoms with E-state index in [4.69, 9.17) is 4.74 Å². The Morgan fingerprint density at radius 1 is 1.24 bits per heavy atom. The van der Waals surface area contributed by atoms with Crippen LogP contribution in [0, 0.1) is 5.92 Å². The summed E-state index contributed by atoms with van der Waals surface area (Å²) in [6.07, 6.45) is 1.95. The van der Waals surface area contributed by atoms with Gasteiger partial charge in [0.15, 0.2) is 5.78 Å². The molecule has 1 aliphatic heterocycles. The molecule has 2 rings (SSSR count). The number of benzene rings is 1. The highest BCUT2D eigenvalue weighted by molar-refractivity contribution is 5.98. The Balaban J connectivity index is 2.03. The van der Waals surface area contributed by atoms with Gasteiger partial charge in [-0.2, -0.15) is 0 Å². The van der Waals surface area contributed by atoms with Crippen molar-refractivity contribution in [2.45, 2.75) is 12.8 Å². The largest absolute Gasteiger partial charge is 0.497 e. The van der Waals surface area contributed by atoms with Gasteiger partial charge in [-0.25, -0.2) is 0 Å². The number of methoxy groups -OCH3 is 1. The van der Waals surface area contributed by atoms with Crippen LogP contribution in [0.2, 0.25) is 0 Å². The molecule has 1 heterocycles. The van der Waals surface area contributed by atoms with Crippen LogP contribution in [-0.2, 0) is 0 Å². The van der Waals surface area contributed by atoms with Crippen LogP contribution < -0.4 is 4.74 Å². The van der Waals surface area contributed by atoms with Crippen LogP contribution in [0.25, 0.3) is 0 Å². The third kappa shape index (κ3) is 2.86. The molecule has 0 bridgehead atoms. The fourth-order valence-electron chi connectivity index (χ4n) is 2.26. The first kappa shape index (κ1) is 12.1. The number of carbonyl (C=O) groups is 1. The maximum atomic E-state index is 12.2. The lowest BCUT2D eigenvalue weighted by atomic mass is 9.89. The number of hydrogen-bond acceptors (Lipinski definition) is 3. The fourth-order valence-corrected chi connectivity index (χ4v) is 2.26. The minimum atomic E-state index is 0.194. The molecule has 0 amide bonds. The van der Waals surface area contributed by atoms with E-state index in [1.807, 2.05) is 24.3 Å². The third-order valence-corrected chi connectivity index (χ3v) is 3.46. The molecule has 92 valence electrons. The zero-order chi connectivity index (χ0) is 12.3. The third-order valence-electron chi connectivity index (χ3n) is 3.46. The van der Waals surface area contributed by atoms with E-state index in [9.17, 15) is 4.79 Å². The van der Waals surface area contributed by atoms with Gasteiger partial charge in [-0.15, -0.1) is 0 Å². The number of ketones is 1. The molecule has 3 heteroatoms. The average Bonchev–Trinajstić information content (AvgIpc) is 2.39. The van der Waals surface area contributed by atoms with Gasteiger partial charge in [-0.05, 0) is 57.2 Å². The van der Waals surface area contributed by atoms with Gasteiger partial charge in [0.25, 0.3) is 0 Å². The standard InChI is InChI=1S/C14H19NO2/c1-15-9-7-12(8-10-15)14(16)11-3-5-13(17-2)6-4-11/h3-6,12H,7-10H2,1-2H3. The highest BCUT2D eigenvalue weighted by Crippen LogP contribution is 2.22. The van der Waals surface area contributed by atoms with Crippen molar-refractivity contribution in [2.75, 3.05) is 27.2 Å². The summed E-state index contributed by atoms with van der Waals surface area (Å²) in [7, 11) is 3.74. The first-order chi connectivity index (χ1) is 8.20. The van der Waals surface area contributed by atoms with Crippen LogP contribution in [0.5, 0.6) is 5.75 Å². The predicted octanol–water partition coefficient (Wildman–Crippen LogP) is 2.22. The van der Waals surface area contributed by atoms with E-state index in [0.29, 0.717) is 0 Å². The van der Waals surface area contributed by atoms with Crippen LogP contribution in [0.15, 0.2) is 24.3 Å². The van der Waals surface area contributed by atoms with Gasteiger partial charge in [-0.1, -0.05) is 0 Å². The summed E-state index contributed by atoms with van der Waals surface area (Å²) >= 11 is 0. The minimum absolute atomic E-state index is 0.194. The molecule has 0 radical (unpaired) electrons. The summed E-state index contributed by atoms with van der Waals surface area (Å²) in [6, 6.07) is 7.42. The average molecular weight is 233 g/mol. The first-order valence-corrected chi connectivity index (χ1v) is 6.07. The Kier molecular flexibility index (Phi) is 3.79. The second kappa shape index (κ2) is 5.32. The number of piperidine rings is 1. The van der Waals surface area contributed by atoms with Gasteiger partial charge < -0.3 is 9.64 Å². The summed E-state index contributed by atoms with van der Waals surface area (Å²) in [5.74, 6) is 1.27. The minimum Gasteiger partial charge on any atom is -0.497 e. The number of nitrogens with zero attached hydrogens (tertiary/aromatic N) is 1. The lowest BCUT2D eigenvalue weighted by Gasteiger charge is -2.28. The Labute approximate surface area is 102 Å². The van der Waals surface area contributed by atoms with Crippen LogP contribution in [0.3, 0.4) is 0 Å². The Morgan fingerprint density at radius 2 is 1.82 bits per heavy atom. The van der Waals surface area contributed by atoms with Gasteiger partial charge in [0.05, 0.1) is 7.11 Å². The Hall–Kier alpha value is -1.35. The van der Waals surface area contributed by atoms with Crippen molar-refractivity contribution in [1.29, 1.82) is 0 Å². The molecule has 1 fully saturated rings. The van der Waals surface area contributed by atoms with E-state index in [2.05, 4.69) is 11.9 Å². The molecule has 0 aromatic heterocycles. The van der Waals surface area contributed by atoms with E-state index in [1.165, 1.54) is 0 Å². The summed E-state index contributed by atoms with van der Waals surface area (Å²) in [4.78, 5) is 14.5. The highest BCUT2D eigenvalue weighted by atomic mass is 16.5. The number of hydrogen-bond donors (Lipinski definition) is 0. The summed E-state index contributed by atoms with van der Waals surface area (Å²) in [5, 5.41) is 0. The fraction of sp³-hybridized carbons (Fsp3) is 0.500. The smallest absolute Gasteiger partial charge is 0.166 e. The monoisotopic (exact) mass is 233 g/mol. The van der Waals surface area contributed by atoms with E-state index in [-0.39, 0.29) is 11.7 Å². The lowest BCUT2D eigenvalue weighted by Crippen LogP contribution is -2.33. The van der Waals surface area contributed by atoms with Gasteiger partial charge in [-0.3, -0.25) is 4.79 Å².